The molecule has 1 aromatic rings. The van der Waals surface area contributed by atoms with Crippen molar-refractivity contribution in [3.8, 4) is 0 Å². The van der Waals surface area contributed by atoms with Crippen LogP contribution in [-0.4, -0.2) is 28.1 Å². The van der Waals surface area contributed by atoms with Gasteiger partial charge in [-0.2, -0.15) is 0 Å². The van der Waals surface area contributed by atoms with Crippen LogP contribution in [0.2, 0.25) is 0 Å². The summed E-state index contributed by atoms with van der Waals surface area (Å²) < 4.78 is 0. The summed E-state index contributed by atoms with van der Waals surface area (Å²) >= 11 is 1.52. The van der Waals surface area contributed by atoms with Crippen LogP contribution in [0.5, 0.6) is 0 Å². The first-order valence-electron chi connectivity index (χ1n) is 4.39. The molecule has 0 aliphatic carbocycles. The van der Waals surface area contributed by atoms with Crippen molar-refractivity contribution in [2.45, 2.75) is 19.9 Å². The summed E-state index contributed by atoms with van der Waals surface area (Å²) in [5.74, 6) is -0.620. The molecular weight excluding hydrogens is 200 g/mol. The monoisotopic (exact) mass is 210 g/mol. The Morgan fingerprint density at radius 1 is 1.57 bits per heavy atom. The van der Waals surface area contributed by atoms with Crippen LogP contribution >= 0.6 is 11.3 Å². The predicted octanol–water partition coefficient (Wildman–Crippen LogP) is 0.753. The third-order valence-electron chi connectivity index (χ3n) is 2.31. The summed E-state index contributed by atoms with van der Waals surface area (Å²) in [5.41, 5.74) is 2.70. The molecule has 4 nitrogen and oxygen atoms in total. The minimum Gasteiger partial charge on any atom is -0.330 e. The number of aryl methyl sites for hydroxylation is 1. The molecule has 1 fully saturated rings. The average molecular weight is 210 g/mol. The van der Waals surface area contributed by atoms with Gasteiger partial charge in [0.05, 0.1) is 17.7 Å². The van der Waals surface area contributed by atoms with Crippen molar-refractivity contribution in [1.82, 2.24) is 9.88 Å². The number of hydrogen-bond donors (Lipinski definition) is 0. The largest absolute Gasteiger partial charge is 0.330 e. The standard InChI is InChI=1S/C9H10N2O2S/c1-6-8(14-5-10-6)4-11-3-2-7(12)9(11)13/h5H,2-4H2,1H3. The van der Waals surface area contributed by atoms with E-state index in [0.717, 1.165) is 10.6 Å². The lowest BCUT2D eigenvalue weighted by atomic mass is 10.3. The van der Waals surface area contributed by atoms with E-state index in [4.69, 9.17) is 0 Å². The molecule has 0 N–H and O–H groups in total. The van der Waals surface area contributed by atoms with Gasteiger partial charge in [-0.25, -0.2) is 4.98 Å². The molecule has 0 spiro atoms. The van der Waals surface area contributed by atoms with Crippen LogP contribution in [0.1, 0.15) is 17.0 Å². The van der Waals surface area contributed by atoms with Crippen molar-refractivity contribution in [3.05, 3.63) is 16.1 Å². The molecular formula is C9H10N2O2S. The molecule has 1 saturated heterocycles. The molecule has 2 heterocycles. The second-order valence-electron chi connectivity index (χ2n) is 3.26. The molecule has 1 amide bonds. The Morgan fingerprint density at radius 2 is 2.36 bits per heavy atom. The summed E-state index contributed by atoms with van der Waals surface area (Å²) in [6, 6.07) is 0. The fourth-order valence-electron chi connectivity index (χ4n) is 1.42. The fourth-order valence-corrected chi connectivity index (χ4v) is 2.22. The van der Waals surface area contributed by atoms with E-state index in [0.29, 0.717) is 19.5 Å². The number of amides is 1. The number of ketones is 1. The lowest BCUT2D eigenvalue weighted by Crippen LogP contribution is -2.26. The van der Waals surface area contributed by atoms with E-state index in [1.165, 1.54) is 11.3 Å². The van der Waals surface area contributed by atoms with Gasteiger partial charge in [-0.05, 0) is 6.92 Å². The van der Waals surface area contributed by atoms with Crippen LogP contribution in [0.3, 0.4) is 0 Å². The zero-order chi connectivity index (χ0) is 10.1. The lowest BCUT2D eigenvalue weighted by Gasteiger charge is -2.12. The van der Waals surface area contributed by atoms with Crippen LogP contribution in [0.15, 0.2) is 5.51 Å². The molecule has 0 radical (unpaired) electrons. The first-order chi connectivity index (χ1) is 6.68. The topological polar surface area (TPSA) is 50.3 Å². The lowest BCUT2D eigenvalue weighted by molar-refractivity contribution is -0.140. The Morgan fingerprint density at radius 3 is 2.86 bits per heavy atom. The van der Waals surface area contributed by atoms with Crippen molar-refractivity contribution in [2.24, 2.45) is 0 Å². The Labute approximate surface area is 85.6 Å². The van der Waals surface area contributed by atoms with Crippen LogP contribution in [-0.2, 0) is 16.1 Å². The summed E-state index contributed by atoms with van der Waals surface area (Å²) in [4.78, 5) is 29.0. The number of hydrogen-bond acceptors (Lipinski definition) is 4. The maximum atomic E-state index is 11.3. The van der Waals surface area contributed by atoms with Gasteiger partial charge in [-0.15, -0.1) is 11.3 Å². The molecule has 74 valence electrons. The van der Waals surface area contributed by atoms with E-state index in [9.17, 15) is 9.59 Å². The van der Waals surface area contributed by atoms with E-state index >= 15 is 0 Å². The van der Waals surface area contributed by atoms with E-state index in [2.05, 4.69) is 4.98 Å². The molecule has 0 bridgehead atoms. The number of carbonyl (C=O) groups is 2. The molecule has 1 aromatic heterocycles. The Kier molecular flexibility index (Phi) is 2.33. The average Bonchev–Trinajstić information content (AvgIpc) is 2.68. The van der Waals surface area contributed by atoms with Crippen molar-refractivity contribution in [1.29, 1.82) is 0 Å². The first kappa shape index (κ1) is 9.33. The molecule has 1 aliphatic heterocycles. The minimum atomic E-state index is -0.349. The third-order valence-corrected chi connectivity index (χ3v) is 3.23. The smallest absolute Gasteiger partial charge is 0.290 e. The molecule has 0 aromatic carbocycles. The SMILES string of the molecule is Cc1ncsc1CN1CCC(=O)C1=O. The van der Waals surface area contributed by atoms with Crippen LogP contribution < -0.4 is 0 Å². The molecule has 0 saturated carbocycles. The normalized spacial score (nSPS) is 16.8. The fraction of sp³-hybridized carbons (Fsp3) is 0.444. The van der Waals surface area contributed by atoms with Gasteiger partial charge in [-0.3, -0.25) is 9.59 Å². The Bertz CT molecular complexity index is 386. The number of likely N-dealkylation sites (tertiary alicyclic amines) is 1. The minimum absolute atomic E-state index is 0.271. The highest BCUT2D eigenvalue weighted by molar-refractivity contribution is 7.09. The maximum Gasteiger partial charge on any atom is 0.290 e. The first-order valence-corrected chi connectivity index (χ1v) is 5.27. The van der Waals surface area contributed by atoms with Crippen molar-refractivity contribution < 1.29 is 9.59 Å². The highest BCUT2D eigenvalue weighted by Crippen LogP contribution is 2.17. The predicted molar refractivity (Wildman–Crippen MR) is 51.9 cm³/mol. The zero-order valence-corrected chi connectivity index (χ0v) is 8.63. The van der Waals surface area contributed by atoms with Crippen LogP contribution in [0, 0.1) is 6.92 Å². The summed E-state index contributed by atoms with van der Waals surface area (Å²) in [6.07, 6.45) is 0.358. The highest BCUT2D eigenvalue weighted by atomic mass is 32.1. The van der Waals surface area contributed by atoms with Gasteiger partial charge in [-0.1, -0.05) is 0 Å². The molecule has 0 atom stereocenters. The van der Waals surface area contributed by atoms with E-state index in [1.54, 1.807) is 10.4 Å². The summed E-state index contributed by atoms with van der Waals surface area (Å²) in [6.45, 7) is 2.99. The van der Waals surface area contributed by atoms with E-state index in [1.807, 2.05) is 6.92 Å². The number of aromatic nitrogens is 1. The summed E-state index contributed by atoms with van der Waals surface area (Å²) in [5, 5.41) is 0. The number of thiazole rings is 1. The molecule has 2 rings (SSSR count). The van der Waals surface area contributed by atoms with Gasteiger partial charge in [0.25, 0.3) is 5.91 Å². The van der Waals surface area contributed by atoms with E-state index in [-0.39, 0.29) is 11.7 Å². The maximum absolute atomic E-state index is 11.3. The number of nitrogens with zero attached hydrogens (tertiary/aromatic N) is 2. The van der Waals surface area contributed by atoms with Crippen molar-refractivity contribution in [3.63, 3.8) is 0 Å². The van der Waals surface area contributed by atoms with Crippen LogP contribution in [0.4, 0.5) is 0 Å². The van der Waals surface area contributed by atoms with Crippen molar-refractivity contribution in [2.75, 3.05) is 6.54 Å². The highest BCUT2D eigenvalue weighted by Gasteiger charge is 2.29. The Hall–Kier alpha value is -1.23. The van der Waals surface area contributed by atoms with Gasteiger partial charge < -0.3 is 4.90 Å². The third kappa shape index (κ3) is 1.55. The van der Waals surface area contributed by atoms with Crippen LogP contribution in [0.25, 0.3) is 0 Å². The molecule has 0 unspecified atom stereocenters. The summed E-state index contributed by atoms with van der Waals surface area (Å²) in [7, 11) is 0. The number of Topliss-reactive ketones (excluding diaryl/α,β-unsaturated/α-hetero) is 1. The Balaban J connectivity index is 2.09. The van der Waals surface area contributed by atoms with Gasteiger partial charge in [0.15, 0.2) is 0 Å². The number of carbonyl (C=O) groups excluding carboxylic acids is 2. The van der Waals surface area contributed by atoms with Gasteiger partial charge in [0.1, 0.15) is 0 Å². The van der Waals surface area contributed by atoms with E-state index < -0.39 is 0 Å². The number of rotatable bonds is 2. The molecule has 14 heavy (non-hydrogen) atoms. The molecule has 1 aliphatic rings. The second-order valence-corrected chi connectivity index (χ2v) is 4.20. The van der Waals surface area contributed by atoms with Crippen molar-refractivity contribution >= 4 is 23.0 Å². The van der Waals surface area contributed by atoms with Gasteiger partial charge in [0.2, 0.25) is 5.78 Å². The quantitative estimate of drug-likeness (QED) is 0.677. The molecule has 5 heteroatoms. The second kappa shape index (κ2) is 3.49. The van der Waals surface area contributed by atoms with Gasteiger partial charge in [0, 0.05) is 17.8 Å². The zero-order valence-electron chi connectivity index (χ0n) is 7.82. The van der Waals surface area contributed by atoms with Gasteiger partial charge >= 0.3 is 0 Å².